The zero-order valence-electron chi connectivity index (χ0n) is 11.7. The van der Waals surface area contributed by atoms with Crippen LogP contribution in [0, 0.1) is 0 Å². The molecule has 0 atom stereocenters. The monoisotopic (exact) mass is 232 g/mol. The van der Waals surface area contributed by atoms with Crippen LogP contribution in [0.5, 0.6) is 0 Å². The van der Waals surface area contributed by atoms with Crippen LogP contribution in [0.2, 0.25) is 0 Å². The van der Waals surface area contributed by atoms with E-state index in [1.165, 1.54) is 19.0 Å². The molecule has 0 aliphatic carbocycles. The highest BCUT2D eigenvalue weighted by Gasteiger charge is 2.37. The van der Waals surface area contributed by atoms with Crippen molar-refractivity contribution in [2.45, 2.75) is 64.7 Å². The summed E-state index contributed by atoms with van der Waals surface area (Å²) in [6, 6.07) is 0. The Labute approximate surface area is 97.7 Å². The number of hydrogen-bond acceptors (Lipinski definition) is 1. The fourth-order valence-electron chi connectivity index (χ4n) is 1.99. The van der Waals surface area contributed by atoms with Crippen LogP contribution in [0.25, 0.3) is 0 Å². The fraction of sp³-hybridized carbons (Fsp3) is 1.00. The molecule has 0 rings (SSSR count). The summed E-state index contributed by atoms with van der Waals surface area (Å²) >= 11 is 0. The van der Waals surface area contributed by atoms with Gasteiger partial charge in [-0.3, -0.25) is 0 Å². The topological polar surface area (TPSA) is 9.23 Å². The van der Waals surface area contributed by atoms with Crippen LogP contribution in [0.3, 0.4) is 0 Å². The van der Waals surface area contributed by atoms with Crippen LogP contribution in [0.15, 0.2) is 0 Å². The SMILES string of the molecule is CCC(C)(C)P(CCOC)C(C)(C)CC. The number of ether oxygens (including phenoxy) is 1. The predicted molar refractivity (Wildman–Crippen MR) is 72.4 cm³/mol. The van der Waals surface area contributed by atoms with Crippen molar-refractivity contribution < 1.29 is 4.74 Å². The van der Waals surface area contributed by atoms with Crippen LogP contribution < -0.4 is 0 Å². The summed E-state index contributed by atoms with van der Waals surface area (Å²) in [6.45, 7) is 15.2. The summed E-state index contributed by atoms with van der Waals surface area (Å²) < 4.78 is 5.27. The van der Waals surface area contributed by atoms with E-state index in [0.717, 1.165) is 6.61 Å². The van der Waals surface area contributed by atoms with Crippen molar-refractivity contribution in [3.63, 3.8) is 0 Å². The third kappa shape index (κ3) is 4.41. The number of rotatable bonds is 7. The molecule has 0 bridgehead atoms. The van der Waals surface area contributed by atoms with Crippen LogP contribution in [0.4, 0.5) is 0 Å². The smallest absolute Gasteiger partial charge is 0.0501 e. The highest BCUT2D eigenvalue weighted by molar-refractivity contribution is 7.60. The van der Waals surface area contributed by atoms with Gasteiger partial charge >= 0.3 is 0 Å². The molecule has 1 nitrogen and oxygen atoms in total. The van der Waals surface area contributed by atoms with Crippen LogP contribution in [0.1, 0.15) is 54.4 Å². The lowest BCUT2D eigenvalue weighted by Crippen LogP contribution is -2.31. The Morgan fingerprint density at radius 3 is 1.60 bits per heavy atom. The molecule has 0 spiro atoms. The Kier molecular flexibility index (Phi) is 6.37. The first-order chi connectivity index (χ1) is 6.81. The second-order valence-electron chi connectivity index (χ2n) is 5.48. The van der Waals surface area contributed by atoms with Crippen molar-refractivity contribution >= 4 is 7.92 Å². The van der Waals surface area contributed by atoms with Crippen molar-refractivity contribution in [3.05, 3.63) is 0 Å². The predicted octanol–water partition coefficient (Wildman–Crippen LogP) is 4.49. The maximum Gasteiger partial charge on any atom is 0.0501 e. The molecule has 0 heterocycles. The summed E-state index contributed by atoms with van der Waals surface area (Å²) in [5.41, 5.74) is 0. The van der Waals surface area contributed by atoms with Crippen molar-refractivity contribution in [2.24, 2.45) is 0 Å². The van der Waals surface area contributed by atoms with E-state index < -0.39 is 0 Å². The molecule has 0 radical (unpaired) electrons. The molecule has 0 aromatic heterocycles. The summed E-state index contributed by atoms with van der Waals surface area (Å²) in [5, 5.41) is 0.959. The van der Waals surface area contributed by atoms with Gasteiger partial charge in [0.1, 0.15) is 0 Å². The first kappa shape index (κ1) is 15.4. The molecule has 0 saturated carbocycles. The Balaban J connectivity index is 4.72. The number of hydrogen-bond donors (Lipinski definition) is 0. The zero-order valence-corrected chi connectivity index (χ0v) is 12.6. The van der Waals surface area contributed by atoms with Gasteiger partial charge in [0.2, 0.25) is 0 Å². The molecule has 92 valence electrons. The van der Waals surface area contributed by atoms with Gasteiger partial charge in [-0.2, -0.15) is 0 Å². The normalized spacial score (nSPS) is 13.6. The van der Waals surface area contributed by atoms with Crippen molar-refractivity contribution in [1.82, 2.24) is 0 Å². The van der Waals surface area contributed by atoms with Crippen LogP contribution >= 0.6 is 7.92 Å². The Bertz CT molecular complexity index is 159. The second kappa shape index (κ2) is 6.21. The van der Waals surface area contributed by atoms with E-state index in [9.17, 15) is 0 Å². The summed E-state index contributed by atoms with van der Waals surface area (Å²) in [7, 11) is 1.83. The van der Waals surface area contributed by atoms with E-state index in [-0.39, 0.29) is 7.92 Å². The van der Waals surface area contributed by atoms with E-state index >= 15 is 0 Å². The van der Waals surface area contributed by atoms with Gasteiger partial charge in [-0.05, 0) is 29.3 Å². The molecule has 2 heteroatoms. The standard InChI is InChI=1S/C13H29OP/c1-8-12(3,4)15(11-10-14-7)13(5,6)9-2/h8-11H2,1-7H3. The first-order valence-electron chi connectivity index (χ1n) is 6.08. The third-order valence-corrected chi connectivity index (χ3v) is 7.90. The maximum atomic E-state index is 5.27. The average molecular weight is 232 g/mol. The first-order valence-corrected chi connectivity index (χ1v) is 7.61. The molecule has 15 heavy (non-hydrogen) atoms. The van der Waals surface area contributed by atoms with Gasteiger partial charge in [-0.15, -0.1) is 0 Å². The molecular formula is C13H29OP. The molecular weight excluding hydrogens is 203 g/mol. The lowest BCUT2D eigenvalue weighted by Gasteiger charge is -2.45. The molecule has 0 aliphatic rings. The van der Waals surface area contributed by atoms with Gasteiger partial charge in [0.15, 0.2) is 0 Å². The minimum absolute atomic E-state index is 0.0217. The molecule has 0 unspecified atom stereocenters. The highest BCUT2D eigenvalue weighted by Crippen LogP contribution is 2.61. The summed E-state index contributed by atoms with van der Waals surface area (Å²) in [6.07, 6.45) is 3.78. The Hall–Kier alpha value is 0.390. The fourth-order valence-corrected chi connectivity index (χ4v) is 5.97. The third-order valence-electron chi connectivity index (χ3n) is 3.71. The molecule has 0 aliphatic heterocycles. The van der Waals surface area contributed by atoms with E-state index in [1.807, 2.05) is 7.11 Å². The molecule has 0 N–H and O–H groups in total. The largest absolute Gasteiger partial charge is 0.384 e. The average Bonchev–Trinajstić information content (AvgIpc) is 2.18. The zero-order chi connectivity index (χ0) is 12.1. The molecule has 0 saturated heterocycles. The van der Waals surface area contributed by atoms with Crippen molar-refractivity contribution in [2.75, 3.05) is 19.9 Å². The Morgan fingerprint density at radius 1 is 0.933 bits per heavy atom. The van der Waals surface area contributed by atoms with E-state index in [1.54, 1.807) is 0 Å². The maximum absolute atomic E-state index is 5.27. The minimum atomic E-state index is 0.0217. The lowest BCUT2D eigenvalue weighted by atomic mass is 10.1. The van der Waals surface area contributed by atoms with E-state index in [4.69, 9.17) is 4.74 Å². The van der Waals surface area contributed by atoms with Crippen LogP contribution in [-0.2, 0) is 4.74 Å². The molecule has 0 fully saturated rings. The summed E-state index contributed by atoms with van der Waals surface area (Å²) in [5.74, 6) is 0. The van der Waals surface area contributed by atoms with Gasteiger partial charge in [0.25, 0.3) is 0 Å². The second-order valence-corrected chi connectivity index (χ2v) is 9.20. The minimum Gasteiger partial charge on any atom is -0.384 e. The molecule has 0 aromatic carbocycles. The highest BCUT2D eigenvalue weighted by atomic mass is 31.1. The van der Waals surface area contributed by atoms with Crippen molar-refractivity contribution in [3.8, 4) is 0 Å². The van der Waals surface area contributed by atoms with Gasteiger partial charge < -0.3 is 4.74 Å². The van der Waals surface area contributed by atoms with Crippen LogP contribution in [-0.4, -0.2) is 30.2 Å². The van der Waals surface area contributed by atoms with Gasteiger partial charge in [0, 0.05) is 7.11 Å². The Morgan fingerprint density at radius 2 is 1.33 bits per heavy atom. The number of methoxy groups -OCH3 is 1. The van der Waals surface area contributed by atoms with Gasteiger partial charge in [0.05, 0.1) is 6.61 Å². The van der Waals surface area contributed by atoms with Gasteiger partial charge in [-0.1, -0.05) is 49.5 Å². The lowest BCUT2D eigenvalue weighted by molar-refractivity contribution is 0.217. The van der Waals surface area contributed by atoms with E-state index in [0.29, 0.717) is 10.3 Å². The van der Waals surface area contributed by atoms with Gasteiger partial charge in [-0.25, -0.2) is 0 Å². The quantitative estimate of drug-likeness (QED) is 0.587. The summed E-state index contributed by atoms with van der Waals surface area (Å²) in [4.78, 5) is 0. The van der Waals surface area contributed by atoms with E-state index in [2.05, 4.69) is 41.5 Å². The molecule has 0 amide bonds. The van der Waals surface area contributed by atoms with Crippen molar-refractivity contribution in [1.29, 1.82) is 0 Å². The molecule has 0 aromatic rings.